The molecule has 3 nitrogen and oxygen atoms in total. The molecule has 0 N–H and O–H groups in total. The maximum Gasteiger partial charge on any atom is 0.145 e. The molecular weight excluding hydrogens is 202 g/mol. The number of ether oxygens (including phenoxy) is 1. The predicted octanol–water partition coefficient (Wildman–Crippen LogP) is 3.35. The zero-order chi connectivity index (χ0) is 11.4. The van der Waals surface area contributed by atoms with Crippen molar-refractivity contribution in [3.63, 3.8) is 0 Å². The van der Waals surface area contributed by atoms with E-state index < -0.39 is 0 Å². The van der Waals surface area contributed by atoms with Crippen molar-refractivity contribution >= 4 is 11.9 Å². The molecule has 0 spiro atoms. The van der Waals surface area contributed by atoms with Gasteiger partial charge in [0.2, 0.25) is 0 Å². The van der Waals surface area contributed by atoms with Crippen molar-refractivity contribution in [1.29, 1.82) is 0 Å². The highest BCUT2D eigenvalue weighted by Gasteiger charge is 1.95. The second-order valence-corrected chi connectivity index (χ2v) is 3.41. The van der Waals surface area contributed by atoms with Crippen LogP contribution in [0.25, 0.3) is 0 Å². The van der Waals surface area contributed by atoms with Gasteiger partial charge >= 0.3 is 0 Å². The number of nitrogens with zero attached hydrogens (tertiary/aromatic N) is 1. The second-order valence-electron chi connectivity index (χ2n) is 3.41. The van der Waals surface area contributed by atoms with E-state index in [0.717, 1.165) is 23.0 Å². The summed E-state index contributed by atoms with van der Waals surface area (Å²) in [5.41, 5.74) is 0.841. The van der Waals surface area contributed by atoms with Gasteiger partial charge in [-0.05, 0) is 31.2 Å². The Morgan fingerprint density at radius 2 is 2.12 bits per heavy atom. The molecule has 0 radical (unpaired) electrons. The van der Waals surface area contributed by atoms with Crippen LogP contribution in [0.3, 0.4) is 0 Å². The first-order valence-corrected chi connectivity index (χ1v) is 5.02. The zero-order valence-corrected chi connectivity index (χ0v) is 9.31. The van der Waals surface area contributed by atoms with E-state index in [4.69, 9.17) is 9.15 Å². The average Bonchev–Trinajstić information content (AvgIpc) is 2.73. The fourth-order valence-corrected chi connectivity index (χ4v) is 1.35. The van der Waals surface area contributed by atoms with Crippen molar-refractivity contribution in [2.45, 2.75) is 6.92 Å². The second kappa shape index (κ2) is 4.66. The molecule has 16 heavy (non-hydrogen) atoms. The molecule has 0 unspecified atom stereocenters. The number of hydrogen-bond donors (Lipinski definition) is 0. The van der Waals surface area contributed by atoms with Crippen molar-refractivity contribution < 1.29 is 9.15 Å². The molecule has 0 bridgehead atoms. The van der Waals surface area contributed by atoms with Gasteiger partial charge in [0.1, 0.15) is 17.3 Å². The minimum absolute atomic E-state index is 0.750. The Labute approximate surface area is 94.4 Å². The van der Waals surface area contributed by atoms with Crippen LogP contribution in [0.1, 0.15) is 11.5 Å². The van der Waals surface area contributed by atoms with Gasteiger partial charge in [0.15, 0.2) is 0 Å². The maximum absolute atomic E-state index is 5.38. The number of aryl methyl sites for hydroxylation is 1. The van der Waals surface area contributed by atoms with Crippen molar-refractivity contribution in [1.82, 2.24) is 0 Å². The molecule has 0 fully saturated rings. The van der Waals surface area contributed by atoms with Crippen LogP contribution in [0, 0.1) is 6.92 Å². The minimum Gasteiger partial charge on any atom is -0.497 e. The van der Waals surface area contributed by atoms with E-state index in [-0.39, 0.29) is 0 Å². The molecule has 0 saturated carbocycles. The predicted molar refractivity (Wildman–Crippen MR) is 63.7 cm³/mol. The summed E-state index contributed by atoms with van der Waals surface area (Å²) in [6.45, 7) is 1.91. The molecule has 82 valence electrons. The van der Waals surface area contributed by atoms with E-state index in [1.54, 1.807) is 13.3 Å². The summed E-state index contributed by atoms with van der Waals surface area (Å²) in [7, 11) is 1.64. The summed E-state index contributed by atoms with van der Waals surface area (Å²) in [5, 5.41) is 0. The van der Waals surface area contributed by atoms with Crippen LogP contribution in [0.5, 0.6) is 5.75 Å². The molecule has 1 aromatic heterocycles. The van der Waals surface area contributed by atoms with Gasteiger partial charge in [-0.2, -0.15) is 0 Å². The molecule has 1 aromatic carbocycles. The monoisotopic (exact) mass is 215 g/mol. The molecule has 1 heterocycles. The van der Waals surface area contributed by atoms with Gasteiger partial charge in [0, 0.05) is 6.07 Å². The lowest BCUT2D eigenvalue weighted by atomic mass is 10.3. The summed E-state index contributed by atoms with van der Waals surface area (Å²) in [5.74, 6) is 2.43. The molecule has 0 atom stereocenters. The van der Waals surface area contributed by atoms with Crippen LogP contribution in [0.15, 0.2) is 45.8 Å². The van der Waals surface area contributed by atoms with Crippen LogP contribution >= 0.6 is 0 Å². The van der Waals surface area contributed by atoms with E-state index in [1.165, 1.54) is 0 Å². The third-order valence-corrected chi connectivity index (χ3v) is 2.16. The molecule has 0 aliphatic carbocycles. The Bertz CT molecular complexity index is 500. The number of aliphatic imine (C=N–C) groups is 1. The Balaban J connectivity index is 2.16. The zero-order valence-electron chi connectivity index (χ0n) is 9.31. The Morgan fingerprint density at radius 1 is 1.25 bits per heavy atom. The first-order valence-electron chi connectivity index (χ1n) is 5.02. The third-order valence-electron chi connectivity index (χ3n) is 2.16. The quantitative estimate of drug-likeness (QED) is 0.736. The van der Waals surface area contributed by atoms with Gasteiger partial charge < -0.3 is 9.15 Å². The van der Waals surface area contributed by atoms with Gasteiger partial charge in [-0.25, -0.2) is 0 Å². The van der Waals surface area contributed by atoms with Crippen molar-refractivity contribution in [3.8, 4) is 5.75 Å². The molecule has 3 heteroatoms. The highest BCUT2D eigenvalue weighted by Crippen LogP contribution is 2.19. The summed E-state index contributed by atoms with van der Waals surface area (Å²) in [6.07, 6.45) is 1.70. The van der Waals surface area contributed by atoms with Gasteiger partial charge in [0.25, 0.3) is 0 Å². The van der Waals surface area contributed by atoms with Crippen molar-refractivity contribution in [3.05, 3.63) is 47.9 Å². The lowest BCUT2D eigenvalue weighted by molar-refractivity contribution is 0.415. The maximum atomic E-state index is 5.38. The van der Waals surface area contributed by atoms with E-state index >= 15 is 0 Å². The van der Waals surface area contributed by atoms with Crippen molar-refractivity contribution in [2.75, 3.05) is 7.11 Å². The molecule has 0 amide bonds. The molecule has 0 saturated heterocycles. The van der Waals surface area contributed by atoms with E-state index in [9.17, 15) is 0 Å². The largest absolute Gasteiger partial charge is 0.497 e. The van der Waals surface area contributed by atoms with Gasteiger partial charge in [0.05, 0.1) is 19.0 Å². The third kappa shape index (κ3) is 2.51. The highest BCUT2D eigenvalue weighted by molar-refractivity contribution is 5.78. The Hall–Kier alpha value is -2.03. The normalized spacial score (nSPS) is 10.9. The van der Waals surface area contributed by atoms with E-state index in [1.807, 2.05) is 43.3 Å². The minimum atomic E-state index is 0.750. The van der Waals surface area contributed by atoms with Crippen LogP contribution in [0.4, 0.5) is 5.69 Å². The smallest absolute Gasteiger partial charge is 0.145 e. The first-order chi connectivity index (χ1) is 7.78. The summed E-state index contributed by atoms with van der Waals surface area (Å²) < 4.78 is 10.5. The van der Waals surface area contributed by atoms with Crippen LogP contribution in [-0.4, -0.2) is 13.3 Å². The lowest BCUT2D eigenvalue weighted by Crippen LogP contribution is -1.80. The molecule has 2 rings (SSSR count). The molecule has 0 aliphatic heterocycles. The van der Waals surface area contributed by atoms with E-state index in [2.05, 4.69) is 4.99 Å². The molecular formula is C13H13NO2. The van der Waals surface area contributed by atoms with Crippen LogP contribution < -0.4 is 4.74 Å². The summed E-state index contributed by atoms with van der Waals surface area (Å²) in [6, 6.07) is 11.4. The highest BCUT2D eigenvalue weighted by atomic mass is 16.5. The van der Waals surface area contributed by atoms with E-state index in [0.29, 0.717) is 0 Å². The van der Waals surface area contributed by atoms with Gasteiger partial charge in [-0.15, -0.1) is 0 Å². The van der Waals surface area contributed by atoms with Gasteiger partial charge in [-0.3, -0.25) is 4.99 Å². The van der Waals surface area contributed by atoms with Crippen LogP contribution in [0.2, 0.25) is 0 Å². The number of rotatable bonds is 3. The molecule has 0 aliphatic rings. The SMILES string of the molecule is COc1cccc(N=Cc2ccc(C)o2)c1. The number of benzene rings is 1. The van der Waals surface area contributed by atoms with Gasteiger partial charge in [-0.1, -0.05) is 6.07 Å². The number of furan rings is 1. The average molecular weight is 215 g/mol. The topological polar surface area (TPSA) is 34.7 Å². The van der Waals surface area contributed by atoms with Crippen LogP contribution in [-0.2, 0) is 0 Å². The summed E-state index contributed by atoms with van der Waals surface area (Å²) >= 11 is 0. The van der Waals surface area contributed by atoms with Crippen molar-refractivity contribution in [2.24, 2.45) is 4.99 Å². The fourth-order valence-electron chi connectivity index (χ4n) is 1.35. The lowest BCUT2D eigenvalue weighted by Gasteiger charge is -1.99. The number of hydrogen-bond acceptors (Lipinski definition) is 3. The fraction of sp³-hybridized carbons (Fsp3) is 0.154. The summed E-state index contributed by atoms with van der Waals surface area (Å²) in [4.78, 5) is 4.30. The number of methoxy groups -OCH3 is 1. The molecule has 2 aromatic rings. The standard InChI is InChI=1S/C13H13NO2/c1-10-6-7-13(16-10)9-14-11-4-3-5-12(8-11)15-2/h3-9H,1-2H3. The first kappa shape index (κ1) is 10.5. The Morgan fingerprint density at radius 3 is 2.81 bits per heavy atom. The Kier molecular flexibility index (Phi) is 3.05.